The molecule has 0 bridgehead atoms. The summed E-state index contributed by atoms with van der Waals surface area (Å²) in [4.78, 5) is 15.4. The molecule has 0 radical (unpaired) electrons. The molecule has 0 saturated carbocycles. The number of imidazole rings is 1. The lowest BCUT2D eigenvalue weighted by atomic mass is 9.95. The second-order valence-corrected chi connectivity index (χ2v) is 4.84. The van der Waals surface area contributed by atoms with Crippen LogP contribution in [0.15, 0.2) is 6.33 Å². The molecule has 2 atom stereocenters. The number of nitrogens with two attached hydrogens (primary N) is 1. The first-order valence-electron chi connectivity index (χ1n) is 5.95. The van der Waals surface area contributed by atoms with E-state index in [1.54, 1.807) is 6.33 Å². The summed E-state index contributed by atoms with van der Waals surface area (Å²) in [6, 6.07) is 0. The molecule has 96 valence electrons. The summed E-state index contributed by atoms with van der Waals surface area (Å²) in [6.07, 6.45) is 2.63. The lowest BCUT2D eigenvalue weighted by molar-refractivity contribution is 0.105. The Morgan fingerprint density at radius 1 is 1.56 bits per heavy atom. The van der Waals surface area contributed by atoms with Crippen LogP contribution in [-0.2, 0) is 4.74 Å². The van der Waals surface area contributed by atoms with Crippen molar-refractivity contribution in [3.8, 4) is 0 Å². The van der Waals surface area contributed by atoms with Gasteiger partial charge in [-0.1, -0.05) is 0 Å². The average molecular weight is 248 g/mol. The van der Waals surface area contributed by atoms with E-state index >= 15 is 0 Å². The molecule has 0 aromatic carbocycles. The molecule has 18 heavy (non-hydrogen) atoms. The Hall–Kier alpha value is -1.89. The fraction of sp³-hybridized carbons (Fsp3) is 0.545. The summed E-state index contributed by atoms with van der Waals surface area (Å²) in [5.74, 6) is 0.891. The van der Waals surface area contributed by atoms with Gasteiger partial charge in [0.25, 0.3) is 0 Å². The van der Waals surface area contributed by atoms with Gasteiger partial charge in [-0.05, 0) is 20.3 Å². The van der Waals surface area contributed by atoms with E-state index in [0.717, 1.165) is 18.5 Å². The molecule has 3 rings (SSSR count). The number of H-pyrrole nitrogens is 1. The zero-order valence-corrected chi connectivity index (χ0v) is 10.4. The quantitative estimate of drug-likeness (QED) is 0.730. The first-order valence-corrected chi connectivity index (χ1v) is 5.95. The van der Waals surface area contributed by atoms with Crippen molar-refractivity contribution in [2.24, 2.45) is 0 Å². The third-order valence-corrected chi connectivity index (χ3v) is 3.59. The van der Waals surface area contributed by atoms with E-state index in [-0.39, 0.29) is 17.6 Å². The molecule has 2 aromatic heterocycles. The molecule has 7 nitrogen and oxygen atoms in total. The molecule has 0 amide bonds. The smallest absolute Gasteiger partial charge is 0.224 e. The Morgan fingerprint density at radius 2 is 2.39 bits per heavy atom. The monoisotopic (exact) mass is 248 g/mol. The third kappa shape index (κ3) is 1.67. The highest BCUT2D eigenvalue weighted by Gasteiger charge is 2.37. The number of nitrogens with one attached hydrogen (secondary N) is 2. The van der Waals surface area contributed by atoms with Crippen molar-refractivity contribution in [1.82, 2.24) is 19.9 Å². The van der Waals surface area contributed by atoms with E-state index in [9.17, 15) is 0 Å². The maximum atomic E-state index is 5.69. The van der Waals surface area contributed by atoms with Crippen LogP contribution in [0.2, 0.25) is 0 Å². The summed E-state index contributed by atoms with van der Waals surface area (Å²) in [6.45, 7) is 4.91. The molecule has 3 heterocycles. The maximum Gasteiger partial charge on any atom is 0.224 e. The minimum Gasteiger partial charge on any atom is -0.376 e. The number of ether oxygens (including phenoxy) is 1. The van der Waals surface area contributed by atoms with E-state index in [0.29, 0.717) is 11.5 Å². The number of anilines is 2. The van der Waals surface area contributed by atoms with Crippen LogP contribution in [0.1, 0.15) is 20.3 Å². The number of hydrogen-bond donors (Lipinski definition) is 3. The summed E-state index contributed by atoms with van der Waals surface area (Å²) in [7, 11) is 0. The molecule has 2 aromatic rings. The van der Waals surface area contributed by atoms with Gasteiger partial charge < -0.3 is 20.8 Å². The Balaban J connectivity index is 2.01. The number of hydrogen-bond acceptors (Lipinski definition) is 6. The average Bonchev–Trinajstić information content (AvgIpc) is 2.87. The molecular formula is C11H16N6O. The van der Waals surface area contributed by atoms with Gasteiger partial charge >= 0.3 is 0 Å². The van der Waals surface area contributed by atoms with Gasteiger partial charge in [-0.2, -0.15) is 9.97 Å². The number of fused-ring (bicyclic) bond motifs is 1. The van der Waals surface area contributed by atoms with Crippen LogP contribution >= 0.6 is 0 Å². The van der Waals surface area contributed by atoms with Gasteiger partial charge in [0.2, 0.25) is 5.95 Å². The zero-order chi connectivity index (χ0) is 12.8. The Labute approximate surface area is 104 Å². The highest BCUT2D eigenvalue weighted by molar-refractivity contribution is 5.83. The van der Waals surface area contributed by atoms with E-state index in [1.807, 2.05) is 0 Å². The van der Waals surface area contributed by atoms with Crippen LogP contribution < -0.4 is 11.1 Å². The molecule has 0 spiro atoms. The molecular weight excluding hydrogens is 232 g/mol. The fourth-order valence-electron chi connectivity index (χ4n) is 2.21. The van der Waals surface area contributed by atoms with Crippen LogP contribution in [-0.4, -0.2) is 38.2 Å². The largest absolute Gasteiger partial charge is 0.376 e. The molecule has 2 unspecified atom stereocenters. The normalized spacial score (nSPS) is 27.8. The number of nitrogens with zero attached hydrogens (tertiary/aromatic N) is 3. The molecule has 1 aliphatic heterocycles. The summed E-state index contributed by atoms with van der Waals surface area (Å²) in [5, 5.41) is 3.41. The Bertz CT molecular complexity index is 582. The van der Waals surface area contributed by atoms with Crippen molar-refractivity contribution >= 4 is 22.9 Å². The minimum absolute atomic E-state index is 0.117. The van der Waals surface area contributed by atoms with E-state index in [2.05, 4.69) is 39.1 Å². The van der Waals surface area contributed by atoms with Gasteiger partial charge in [0.05, 0.1) is 18.0 Å². The number of nitrogen functional groups attached to an aromatic ring is 1. The van der Waals surface area contributed by atoms with Gasteiger partial charge in [0, 0.05) is 6.61 Å². The zero-order valence-electron chi connectivity index (χ0n) is 10.4. The second kappa shape index (κ2) is 3.81. The maximum absolute atomic E-state index is 5.69. The summed E-state index contributed by atoms with van der Waals surface area (Å²) < 4.78 is 5.60. The van der Waals surface area contributed by atoms with Gasteiger partial charge in [0.1, 0.15) is 5.52 Å². The van der Waals surface area contributed by atoms with Crippen LogP contribution in [0.3, 0.4) is 0 Å². The third-order valence-electron chi connectivity index (χ3n) is 3.59. The van der Waals surface area contributed by atoms with Gasteiger partial charge in [-0.3, -0.25) is 0 Å². The van der Waals surface area contributed by atoms with E-state index in [1.165, 1.54) is 0 Å². The number of rotatable bonds is 2. The first kappa shape index (κ1) is 11.2. The minimum atomic E-state index is -0.154. The van der Waals surface area contributed by atoms with Gasteiger partial charge in [0.15, 0.2) is 11.5 Å². The number of aromatic amines is 1. The molecule has 0 aliphatic carbocycles. The topological polar surface area (TPSA) is 102 Å². The molecule has 1 aliphatic rings. The molecule has 7 heteroatoms. The van der Waals surface area contributed by atoms with E-state index < -0.39 is 0 Å². The molecule has 1 fully saturated rings. The highest BCUT2D eigenvalue weighted by Crippen LogP contribution is 2.30. The van der Waals surface area contributed by atoms with Crippen LogP contribution in [0.4, 0.5) is 11.8 Å². The van der Waals surface area contributed by atoms with Crippen molar-refractivity contribution in [1.29, 1.82) is 0 Å². The highest BCUT2D eigenvalue weighted by atomic mass is 16.5. The van der Waals surface area contributed by atoms with Gasteiger partial charge in [-0.15, -0.1) is 0 Å². The van der Waals surface area contributed by atoms with Crippen LogP contribution in [0.25, 0.3) is 11.2 Å². The summed E-state index contributed by atoms with van der Waals surface area (Å²) >= 11 is 0. The van der Waals surface area contributed by atoms with Crippen LogP contribution in [0, 0.1) is 0 Å². The second-order valence-electron chi connectivity index (χ2n) is 4.84. The Kier molecular flexibility index (Phi) is 2.37. The van der Waals surface area contributed by atoms with Crippen molar-refractivity contribution in [2.45, 2.75) is 31.9 Å². The van der Waals surface area contributed by atoms with Crippen molar-refractivity contribution in [2.75, 3.05) is 17.7 Å². The summed E-state index contributed by atoms with van der Waals surface area (Å²) in [5.41, 5.74) is 6.87. The standard InChI is InChI=1S/C11H16N6O/c1-6-11(2,3-4-18-6)17-9-7-8(14-5-13-7)15-10(12)16-9/h5-6H,3-4H2,1-2H3,(H4,12,13,14,15,16,17). The number of aromatic nitrogens is 4. The van der Waals surface area contributed by atoms with Gasteiger partial charge in [-0.25, -0.2) is 4.98 Å². The van der Waals surface area contributed by atoms with Crippen molar-refractivity contribution in [3.05, 3.63) is 6.33 Å². The molecule has 1 saturated heterocycles. The van der Waals surface area contributed by atoms with Crippen LogP contribution in [0.5, 0.6) is 0 Å². The van der Waals surface area contributed by atoms with E-state index in [4.69, 9.17) is 10.5 Å². The first-order chi connectivity index (χ1) is 8.58. The Morgan fingerprint density at radius 3 is 3.11 bits per heavy atom. The van der Waals surface area contributed by atoms with Crippen molar-refractivity contribution < 1.29 is 4.74 Å². The lowest BCUT2D eigenvalue weighted by Gasteiger charge is -2.29. The van der Waals surface area contributed by atoms with Crippen molar-refractivity contribution in [3.63, 3.8) is 0 Å². The lowest BCUT2D eigenvalue weighted by Crippen LogP contribution is -2.41. The predicted molar refractivity (Wildman–Crippen MR) is 68.2 cm³/mol. The SMILES string of the molecule is CC1OCCC1(C)Nc1nc(N)nc2nc[nH]c12. The fourth-order valence-corrected chi connectivity index (χ4v) is 2.21. The predicted octanol–water partition coefficient (Wildman–Crippen LogP) is 0.914. The molecule has 4 N–H and O–H groups in total.